The van der Waals surface area contributed by atoms with Gasteiger partial charge in [-0.05, 0) is 49.2 Å². The smallest absolute Gasteiger partial charge is 0.161 e. The van der Waals surface area contributed by atoms with E-state index < -0.39 is 0 Å². The number of phenolic OH excluding ortho intramolecular Hbond substituents is 1. The van der Waals surface area contributed by atoms with E-state index in [1.807, 2.05) is 26.0 Å². The van der Waals surface area contributed by atoms with Gasteiger partial charge in [-0.25, -0.2) is 4.39 Å². The number of nitrogens with one attached hydrogen (secondary N) is 1. The molecule has 0 aliphatic heterocycles. The van der Waals surface area contributed by atoms with Gasteiger partial charge in [-0.15, -0.1) is 0 Å². The number of hydrogen-bond acceptors (Lipinski definition) is 3. The second kappa shape index (κ2) is 7.09. The third-order valence-electron chi connectivity index (χ3n) is 3.31. The van der Waals surface area contributed by atoms with Gasteiger partial charge in [-0.3, -0.25) is 0 Å². The van der Waals surface area contributed by atoms with Crippen LogP contribution in [0.4, 0.5) is 4.39 Å². The van der Waals surface area contributed by atoms with Gasteiger partial charge in [0.1, 0.15) is 5.82 Å². The van der Waals surface area contributed by atoms with Crippen LogP contribution in [0.3, 0.4) is 0 Å². The average molecular weight is 289 g/mol. The average Bonchev–Trinajstić information content (AvgIpc) is 2.48. The largest absolute Gasteiger partial charge is 0.504 e. The molecule has 0 spiro atoms. The summed E-state index contributed by atoms with van der Waals surface area (Å²) in [7, 11) is 0. The third-order valence-corrected chi connectivity index (χ3v) is 3.31. The molecular formula is C17H20FNO2. The monoisotopic (exact) mass is 289 g/mol. The predicted octanol–water partition coefficient (Wildman–Crippen LogP) is 3.78. The number of aromatic hydroxyl groups is 1. The Kier molecular flexibility index (Phi) is 5.17. The molecule has 0 amide bonds. The third kappa shape index (κ3) is 4.20. The van der Waals surface area contributed by atoms with Gasteiger partial charge >= 0.3 is 0 Å². The van der Waals surface area contributed by atoms with Gasteiger partial charge in [0.15, 0.2) is 11.5 Å². The molecule has 4 heteroatoms. The van der Waals surface area contributed by atoms with Crippen LogP contribution in [0.1, 0.15) is 31.0 Å². The van der Waals surface area contributed by atoms with E-state index in [-0.39, 0.29) is 17.6 Å². The van der Waals surface area contributed by atoms with Crippen LogP contribution in [-0.2, 0) is 6.54 Å². The van der Waals surface area contributed by atoms with Gasteiger partial charge in [-0.1, -0.05) is 18.2 Å². The number of benzene rings is 2. The molecule has 2 aromatic carbocycles. The van der Waals surface area contributed by atoms with Gasteiger partial charge in [-0.2, -0.15) is 0 Å². The fraction of sp³-hybridized carbons (Fsp3) is 0.294. The van der Waals surface area contributed by atoms with Crippen molar-refractivity contribution in [3.8, 4) is 11.5 Å². The quantitative estimate of drug-likeness (QED) is 0.850. The van der Waals surface area contributed by atoms with Crippen molar-refractivity contribution in [2.75, 3.05) is 6.61 Å². The molecule has 0 bridgehead atoms. The van der Waals surface area contributed by atoms with E-state index in [4.69, 9.17) is 4.74 Å². The van der Waals surface area contributed by atoms with E-state index in [2.05, 4.69) is 5.32 Å². The van der Waals surface area contributed by atoms with Crippen molar-refractivity contribution in [1.29, 1.82) is 0 Å². The summed E-state index contributed by atoms with van der Waals surface area (Å²) < 4.78 is 18.3. The van der Waals surface area contributed by atoms with E-state index in [1.165, 1.54) is 12.1 Å². The Morgan fingerprint density at radius 2 is 1.90 bits per heavy atom. The summed E-state index contributed by atoms with van der Waals surface area (Å²) in [6.45, 7) is 5.05. The van der Waals surface area contributed by atoms with Gasteiger partial charge in [0.25, 0.3) is 0 Å². The van der Waals surface area contributed by atoms with Crippen LogP contribution in [0, 0.1) is 5.82 Å². The highest BCUT2D eigenvalue weighted by Gasteiger charge is 2.07. The predicted molar refractivity (Wildman–Crippen MR) is 80.9 cm³/mol. The topological polar surface area (TPSA) is 41.5 Å². The van der Waals surface area contributed by atoms with E-state index >= 15 is 0 Å². The summed E-state index contributed by atoms with van der Waals surface area (Å²) in [5.41, 5.74) is 2.05. The molecule has 3 nitrogen and oxygen atoms in total. The molecule has 0 fully saturated rings. The van der Waals surface area contributed by atoms with Crippen LogP contribution in [-0.4, -0.2) is 11.7 Å². The van der Waals surface area contributed by atoms with Crippen molar-refractivity contribution < 1.29 is 14.2 Å². The number of phenols is 1. The Hall–Kier alpha value is -2.07. The van der Waals surface area contributed by atoms with Crippen LogP contribution >= 0.6 is 0 Å². The Bertz CT molecular complexity index is 584. The second-order valence-corrected chi connectivity index (χ2v) is 4.89. The molecule has 0 aliphatic carbocycles. The molecule has 21 heavy (non-hydrogen) atoms. The normalized spacial score (nSPS) is 12.1. The summed E-state index contributed by atoms with van der Waals surface area (Å²) in [5, 5.41) is 13.0. The fourth-order valence-electron chi connectivity index (χ4n) is 2.08. The summed E-state index contributed by atoms with van der Waals surface area (Å²) in [5.74, 6) is 0.407. The number of rotatable bonds is 6. The van der Waals surface area contributed by atoms with Gasteiger partial charge in [0, 0.05) is 12.6 Å². The molecule has 1 atom stereocenters. The first-order valence-corrected chi connectivity index (χ1v) is 7.03. The molecule has 2 N–H and O–H groups in total. The minimum atomic E-state index is -0.231. The Balaban J connectivity index is 1.99. The molecule has 0 radical (unpaired) electrons. The number of hydrogen-bond donors (Lipinski definition) is 2. The summed E-state index contributed by atoms with van der Waals surface area (Å²) in [4.78, 5) is 0. The highest BCUT2D eigenvalue weighted by molar-refractivity contribution is 5.41. The maximum Gasteiger partial charge on any atom is 0.161 e. The minimum Gasteiger partial charge on any atom is -0.504 e. The lowest BCUT2D eigenvalue weighted by Crippen LogP contribution is -2.18. The minimum absolute atomic E-state index is 0.106. The maximum absolute atomic E-state index is 12.9. The van der Waals surface area contributed by atoms with Crippen molar-refractivity contribution in [2.45, 2.75) is 26.4 Å². The summed E-state index contributed by atoms with van der Waals surface area (Å²) in [6, 6.07) is 11.9. The molecule has 0 saturated heterocycles. The molecule has 0 heterocycles. The van der Waals surface area contributed by atoms with E-state index in [0.29, 0.717) is 18.9 Å². The van der Waals surface area contributed by atoms with Crippen LogP contribution < -0.4 is 10.1 Å². The lowest BCUT2D eigenvalue weighted by atomic mass is 10.1. The van der Waals surface area contributed by atoms with Crippen molar-refractivity contribution in [3.05, 3.63) is 59.4 Å². The van der Waals surface area contributed by atoms with Gasteiger partial charge in [0.05, 0.1) is 6.61 Å². The second-order valence-electron chi connectivity index (χ2n) is 4.89. The molecule has 2 aromatic rings. The standard InChI is InChI=1S/C17H20FNO2/c1-3-21-17-10-13(4-9-16(17)20)11-19-12(2)14-5-7-15(18)8-6-14/h4-10,12,19-20H,3,11H2,1-2H3/t12-/m0/s1. The lowest BCUT2D eigenvalue weighted by Gasteiger charge is -2.15. The first-order chi connectivity index (χ1) is 10.1. The maximum atomic E-state index is 12.9. The first-order valence-electron chi connectivity index (χ1n) is 7.03. The molecule has 2 rings (SSSR count). The van der Waals surface area contributed by atoms with E-state index in [0.717, 1.165) is 11.1 Å². The number of ether oxygens (including phenoxy) is 1. The van der Waals surface area contributed by atoms with Crippen molar-refractivity contribution in [2.24, 2.45) is 0 Å². The molecular weight excluding hydrogens is 269 g/mol. The van der Waals surface area contributed by atoms with Crippen molar-refractivity contribution in [3.63, 3.8) is 0 Å². The SMILES string of the molecule is CCOc1cc(CN[C@@H](C)c2ccc(F)cc2)ccc1O. The molecule has 0 unspecified atom stereocenters. The Morgan fingerprint density at radius 1 is 1.19 bits per heavy atom. The van der Waals surface area contributed by atoms with Crippen molar-refractivity contribution in [1.82, 2.24) is 5.32 Å². The van der Waals surface area contributed by atoms with Crippen LogP contribution in [0.2, 0.25) is 0 Å². The Labute approximate surface area is 124 Å². The molecule has 112 valence electrons. The highest BCUT2D eigenvalue weighted by atomic mass is 19.1. The van der Waals surface area contributed by atoms with Crippen molar-refractivity contribution >= 4 is 0 Å². The van der Waals surface area contributed by atoms with Crippen LogP contribution in [0.5, 0.6) is 11.5 Å². The van der Waals surface area contributed by atoms with Gasteiger partial charge in [0.2, 0.25) is 0 Å². The Morgan fingerprint density at radius 3 is 2.57 bits per heavy atom. The van der Waals surface area contributed by atoms with E-state index in [9.17, 15) is 9.50 Å². The molecule has 0 aromatic heterocycles. The molecule has 0 aliphatic rings. The fourth-order valence-corrected chi connectivity index (χ4v) is 2.08. The van der Waals surface area contributed by atoms with E-state index in [1.54, 1.807) is 18.2 Å². The molecule has 0 saturated carbocycles. The first kappa shape index (κ1) is 15.3. The number of halogens is 1. The zero-order valence-corrected chi connectivity index (χ0v) is 12.3. The zero-order chi connectivity index (χ0) is 15.2. The summed E-state index contributed by atoms with van der Waals surface area (Å²) >= 11 is 0. The lowest BCUT2D eigenvalue weighted by molar-refractivity contribution is 0.317. The van der Waals surface area contributed by atoms with Gasteiger partial charge < -0.3 is 15.2 Å². The summed E-state index contributed by atoms with van der Waals surface area (Å²) in [6.07, 6.45) is 0. The van der Waals surface area contributed by atoms with Crippen LogP contribution in [0.15, 0.2) is 42.5 Å². The van der Waals surface area contributed by atoms with Crippen LogP contribution in [0.25, 0.3) is 0 Å². The highest BCUT2D eigenvalue weighted by Crippen LogP contribution is 2.27. The zero-order valence-electron chi connectivity index (χ0n) is 12.3.